The number of rotatable bonds is 34. The molecule has 0 bridgehead atoms. The first-order valence-corrected chi connectivity index (χ1v) is 56.4. The number of aromatic nitrogens is 9. The second-order valence-corrected chi connectivity index (χ2v) is 56.6. The Hall–Kier alpha value is -7.30. The SMILES string of the molecule is C.C=CC1C[C@]1(NC(=O)[C@@H]1C[C@@H](O)CN1C(=O)[C@@H](NC(=O)CC1CC1)C(C)(C)C)C(=O)NS(=O)(=O)C1CC1.C=CC1C[C@]1(NC(=O)[C@@H]1C[C@@H](Oc2nccc(-c3nccs3)n2)CN1C(=O)[C@@H](NC(=O)CC1CC1)C(C)(C)C)C(=O)NS(=O)(=O)C1CC1.CCC[CH2][Sn]([CH2]CCC)([CH2]CCC)[c]1nccs1.Clc1ccnc(Cl)n1.Clc1nccc(-c2nccs2)n1. The molecule has 678 valence electrons. The topological polar surface area (TPSA) is 429 Å². The number of carbonyl (C=O) groups is 8. The molecule has 8 amide bonds. The number of amides is 8. The van der Waals surface area contributed by atoms with Crippen molar-refractivity contribution in [2.24, 2.45) is 34.5 Å². The van der Waals surface area contributed by atoms with Crippen molar-refractivity contribution in [2.75, 3.05) is 13.1 Å². The minimum Gasteiger partial charge on any atom is -0.243 e. The second kappa shape index (κ2) is 44.1. The molecule has 6 aromatic rings. The van der Waals surface area contributed by atoms with Gasteiger partial charge in [0.05, 0.1) is 23.1 Å². The molecule has 31 nitrogen and oxygen atoms in total. The van der Waals surface area contributed by atoms with Crippen molar-refractivity contribution < 1.29 is 65.0 Å². The van der Waals surface area contributed by atoms with Crippen LogP contribution in [0, 0.1) is 34.5 Å². The molecule has 8 fully saturated rings. The fourth-order valence-corrected chi connectivity index (χ4v) is 38.4. The number of thiazole rings is 3. The Kier molecular flexibility index (Phi) is 35.8. The summed E-state index contributed by atoms with van der Waals surface area (Å²) in [5, 5.41) is 28.6. The zero-order chi connectivity index (χ0) is 89.4. The predicted molar refractivity (Wildman–Crippen MR) is 483 cm³/mol. The van der Waals surface area contributed by atoms with E-state index in [-0.39, 0.29) is 74.6 Å². The van der Waals surface area contributed by atoms with Gasteiger partial charge in [0.2, 0.25) is 66.1 Å². The smallest absolute Gasteiger partial charge is 0.223 e. The van der Waals surface area contributed by atoms with Gasteiger partial charge >= 0.3 is 128 Å². The number of likely N-dealkylation sites (tertiary alicyclic amines) is 2. The summed E-state index contributed by atoms with van der Waals surface area (Å²) in [4.78, 5) is 147. The van der Waals surface area contributed by atoms with E-state index in [1.54, 1.807) is 53.1 Å². The fourth-order valence-electron chi connectivity index (χ4n) is 14.8. The van der Waals surface area contributed by atoms with Crippen molar-refractivity contribution in [3.8, 4) is 27.4 Å². The van der Waals surface area contributed by atoms with E-state index >= 15 is 0 Å². The molecule has 0 aromatic carbocycles. The molecule has 0 radical (unpaired) electrons. The van der Waals surface area contributed by atoms with Gasteiger partial charge in [-0.15, -0.1) is 35.8 Å². The van der Waals surface area contributed by atoms with Gasteiger partial charge in [-0.05, 0) is 128 Å². The Labute approximate surface area is 758 Å². The van der Waals surface area contributed by atoms with Crippen LogP contribution in [0.5, 0.6) is 6.01 Å². The largest absolute Gasteiger partial charge is 0.243 e. The molecule has 6 aliphatic carbocycles. The predicted octanol–water partition coefficient (Wildman–Crippen LogP) is 11.8. The van der Waals surface area contributed by atoms with E-state index in [0.29, 0.717) is 66.2 Å². The first-order chi connectivity index (χ1) is 58.3. The summed E-state index contributed by atoms with van der Waals surface area (Å²) in [7, 11) is -7.70. The first kappa shape index (κ1) is 100. The van der Waals surface area contributed by atoms with E-state index in [1.165, 1.54) is 95.5 Å². The summed E-state index contributed by atoms with van der Waals surface area (Å²) in [5.41, 5.74) is -3.05. The number of β-amino-alcohol motifs (C(OH)–C–C–N with tert-alkyl or cyclic N) is 1. The van der Waals surface area contributed by atoms with Crippen LogP contribution in [0.3, 0.4) is 0 Å². The van der Waals surface area contributed by atoms with Crippen molar-refractivity contribution in [1.82, 2.24) is 85.4 Å². The third-order valence-corrected chi connectivity index (χ3v) is 47.2. The summed E-state index contributed by atoms with van der Waals surface area (Å²) in [5.74, 6) is -4.70. The molecule has 10 atom stereocenters. The van der Waals surface area contributed by atoms with Gasteiger partial charge in [-0.25, -0.2) is 51.7 Å². The van der Waals surface area contributed by atoms with Crippen LogP contribution in [-0.4, -0.2) is 213 Å². The molecule has 8 heterocycles. The van der Waals surface area contributed by atoms with E-state index in [2.05, 4.69) is 110 Å². The maximum absolute atomic E-state index is 14.3. The molecule has 2 aliphatic heterocycles. The molecule has 124 heavy (non-hydrogen) atoms. The van der Waals surface area contributed by atoms with Crippen LogP contribution in [0.25, 0.3) is 21.4 Å². The van der Waals surface area contributed by atoms with E-state index in [1.807, 2.05) is 69.8 Å². The van der Waals surface area contributed by atoms with Crippen molar-refractivity contribution in [1.29, 1.82) is 0 Å². The molecule has 2 saturated heterocycles. The number of aliphatic hydroxyl groups excluding tert-OH is 1. The molecule has 2 unspecified atom stereocenters. The van der Waals surface area contributed by atoms with Crippen LogP contribution in [0.15, 0.2) is 96.8 Å². The van der Waals surface area contributed by atoms with E-state index < -0.39 is 154 Å². The molecular formula is C84H118Cl3N17O14S5Sn. The van der Waals surface area contributed by atoms with Crippen molar-refractivity contribution in [3.63, 3.8) is 0 Å². The quantitative estimate of drug-likeness (QED) is 0.00854. The first-order valence-electron chi connectivity index (χ1n) is 42.0. The van der Waals surface area contributed by atoms with Gasteiger partial charge in [-0.2, -0.15) is 4.98 Å². The van der Waals surface area contributed by atoms with Crippen molar-refractivity contribution in [2.45, 2.75) is 269 Å². The molecule has 40 heteroatoms. The van der Waals surface area contributed by atoms with Crippen molar-refractivity contribution in [3.05, 3.63) is 113 Å². The van der Waals surface area contributed by atoms with E-state index in [0.717, 1.165) is 36.4 Å². The number of sulfonamides is 2. The van der Waals surface area contributed by atoms with E-state index in [4.69, 9.17) is 44.5 Å². The van der Waals surface area contributed by atoms with Gasteiger partial charge in [-0.3, -0.25) is 47.8 Å². The van der Waals surface area contributed by atoms with Crippen LogP contribution in [0.2, 0.25) is 29.0 Å². The number of nitrogens with zero attached hydrogens (tertiary/aromatic N) is 11. The minimum absolute atomic E-state index is 0. The Bertz CT molecular complexity index is 4870. The molecule has 6 aromatic heterocycles. The number of halogens is 3. The second-order valence-electron chi connectivity index (χ2n) is 35.0. The number of aliphatic hydroxyl groups is 1. The average Bonchev–Trinajstić information content (AvgIpc) is 1.58. The van der Waals surface area contributed by atoms with Gasteiger partial charge in [-0.1, -0.05) is 72.7 Å². The Morgan fingerprint density at radius 3 is 1.36 bits per heavy atom. The minimum atomic E-state index is -3.87. The Morgan fingerprint density at radius 2 is 0.992 bits per heavy atom. The summed E-state index contributed by atoms with van der Waals surface area (Å²) in [6, 6.07) is 1.03. The molecule has 8 aliphatic rings. The number of nitrogens with one attached hydrogen (secondary N) is 6. The monoisotopic (exact) mass is 1970 g/mol. The van der Waals surface area contributed by atoms with Gasteiger partial charge in [0.25, 0.3) is 11.8 Å². The number of unbranched alkanes of at least 4 members (excludes halogenated alkanes) is 3. The third kappa shape index (κ3) is 27.9. The van der Waals surface area contributed by atoms with Gasteiger partial charge < -0.3 is 40.9 Å². The fraction of sp³-hybridized carbons (Fsp3) is 0.607. The van der Waals surface area contributed by atoms with Crippen LogP contribution in [-0.2, 0) is 58.4 Å². The van der Waals surface area contributed by atoms with Gasteiger partial charge in [0, 0.05) is 85.8 Å². The molecule has 0 spiro atoms. The average molecular weight is 1980 g/mol. The van der Waals surface area contributed by atoms with E-state index in [9.17, 15) is 60.3 Å². The normalized spacial score (nSPS) is 22.4. The number of hydrogen-bond acceptors (Lipinski definition) is 26. The van der Waals surface area contributed by atoms with Crippen LogP contribution in [0.4, 0.5) is 0 Å². The Balaban J connectivity index is 0.000000200. The zero-order valence-electron chi connectivity index (χ0n) is 71.0. The maximum atomic E-state index is 14.3. The van der Waals surface area contributed by atoms with Crippen LogP contribution in [0.1, 0.15) is 198 Å². The molecular weight excluding hydrogens is 1860 g/mol. The van der Waals surface area contributed by atoms with Crippen LogP contribution >= 0.6 is 68.8 Å². The standard InChI is InChI=1S/C32H41N7O7S2.C25H38N4O7S.C7H4ClN3S.C4H2Cl2N2.3C4H9.C3H2NS.CH4.Sn/c1-5-19-16-32(19,29(43)38-48(44,45)21-8-9-21)37-26(41)23-15-20(46-30-34-11-10-22(35-30)27-33-12-13-47-27)17-39(23)28(42)25(31(2,3)4)36-24(40)14-18-6-7-18;1-5-15-12-25(15,23(34)28-37(35,36)17-8-9-17)27-21(32)18-11-16(30)13-29(18)22(33)20(24(2,3)4)26-19(31)10-14-6-7-14;8-7-10-2-1-5(11-7)6-9-3-4-12-6;5-3-1-2-7-4(6)8-3;3*1-3-4-2;1-2-5-3-4-1;;/h5,10-13,18-21,23,25H,1,6-9,14-17H2,2-4H3,(H,36,40)(H,37,41)(H,38,43);5,14-18,20,30H,1,6-13H2,2-4H3,(H,26,31)(H,27,32)(H,28,34);1-4H;1-2H;3*1,3-4H2,2H3;1-2H;1H4;/t19?,20-,23+,25-,32-;15?,16-,18+,20-,25-;;;;;;;;/m11......../s1. The number of hydrogen-bond donors (Lipinski definition) is 7. The summed E-state index contributed by atoms with van der Waals surface area (Å²) >= 11 is 19.1. The van der Waals surface area contributed by atoms with Gasteiger partial charge in [0.15, 0.2) is 0 Å². The maximum Gasteiger partial charge on any atom is 0.223 e. The van der Waals surface area contributed by atoms with Crippen LogP contribution < -0.4 is 38.5 Å². The summed E-state index contributed by atoms with van der Waals surface area (Å²) < 4.78 is 66.5. The van der Waals surface area contributed by atoms with Gasteiger partial charge in [0.1, 0.15) is 67.9 Å². The van der Waals surface area contributed by atoms with Crippen molar-refractivity contribution >= 4 is 158 Å². The summed E-state index contributed by atoms with van der Waals surface area (Å²) in [6.07, 6.45) is 26.6. The molecule has 6 saturated carbocycles. The number of carbonyl (C=O) groups excluding carboxylic acids is 8. The number of ether oxygens (including phenoxy) is 1. The third-order valence-electron chi connectivity index (χ3n) is 22.7. The Morgan fingerprint density at radius 1 is 0.573 bits per heavy atom. The summed E-state index contributed by atoms with van der Waals surface area (Å²) in [6.45, 7) is 25.3. The molecule has 7 N–H and O–H groups in total. The zero-order valence-corrected chi connectivity index (χ0v) is 80.2. The molecule has 14 rings (SSSR count).